The second-order valence-corrected chi connectivity index (χ2v) is 4.89. The summed E-state index contributed by atoms with van der Waals surface area (Å²) in [7, 11) is 3.35. The number of rotatable bonds is 1. The number of nitrogens with one attached hydrogen (secondary N) is 1. The number of carbonyl (C=O) groups is 1. The van der Waals surface area contributed by atoms with Gasteiger partial charge in [-0.25, -0.2) is 4.79 Å². The average Bonchev–Trinajstić information content (AvgIpc) is 2.13. The number of nitrogens with zero attached hydrogens (tertiary/aromatic N) is 1. The summed E-state index contributed by atoms with van der Waals surface area (Å²) >= 11 is 6.61. The van der Waals surface area contributed by atoms with E-state index >= 15 is 0 Å². The first-order valence-electron chi connectivity index (χ1n) is 4.14. The summed E-state index contributed by atoms with van der Waals surface area (Å²) in [6.07, 6.45) is 0. The largest absolute Gasteiger partial charge is 0.397 e. The number of amides is 2. The van der Waals surface area contributed by atoms with Crippen molar-refractivity contribution in [1.82, 2.24) is 4.90 Å². The zero-order valence-corrected chi connectivity index (χ0v) is 11.5. The number of urea groups is 1. The van der Waals surface area contributed by atoms with Crippen molar-refractivity contribution in [2.24, 2.45) is 0 Å². The van der Waals surface area contributed by atoms with E-state index in [1.807, 2.05) is 0 Å². The molecule has 0 heterocycles. The summed E-state index contributed by atoms with van der Waals surface area (Å²) in [5, 5.41) is 2.72. The second kappa shape index (κ2) is 4.85. The van der Waals surface area contributed by atoms with Gasteiger partial charge >= 0.3 is 6.03 Å². The number of hydrogen-bond donors (Lipinski definition) is 2. The van der Waals surface area contributed by atoms with E-state index in [2.05, 4.69) is 37.2 Å². The van der Waals surface area contributed by atoms with E-state index in [1.165, 1.54) is 4.90 Å². The van der Waals surface area contributed by atoms with Crippen molar-refractivity contribution in [3.8, 4) is 0 Å². The Labute approximate surface area is 105 Å². The molecule has 0 bridgehead atoms. The van der Waals surface area contributed by atoms with Gasteiger partial charge in [-0.15, -0.1) is 0 Å². The molecule has 0 aliphatic heterocycles. The van der Waals surface area contributed by atoms with E-state index in [0.717, 1.165) is 8.95 Å². The van der Waals surface area contributed by atoms with Gasteiger partial charge in [-0.2, -0.15) is 0 Å². The van der Waals surface area contributed by atoms with E-state index in [-0.39, 0.29) is 6.03 Å². The molecule has 15 heavy (non-hydrogen) atoms. The summed E-state index contributed by atoms with van der Waals surface area (Å²) < 4.78 is 1.48. The van der Waals surface area contributed by atoms with Gasteiger partial charge in [0.1, 0.15) is 0 Å². The molecule has 0 fully saturated rings. The van der Waals surface area contributed by atoms with E-state index in [1.54, 1.807) is 26.2 Å². The fraction of sp³-hybridized carbons (Fsp3) is 0.222. The van der Waals surface area contributed by atoms with Crippen molar-refractivity contribution in [1.29, 1.82) is 0 Å². The van der Waals surface area contributed by atoms with Crippen LogP contribution in [0.15, 0.2) is 21.1 Å². The fourth-order valence-electron chi connectivity index (χ4n) is 0.892. The minimum atomic E-state index is -0.182. The maximum atomic E-state index is 11.4. The standard InChI is InChI=1S/C9H11Br2N3O/c1-14(2)9(15)13-5-3-6(10)8(12)7(11)4-5/h3-4H,12H2,1-2H3,(H,13,15). The Bertz CT molecular complexity index is 370. The molecule has 0 atom stereocenters. The third kappa shape index (κ3) is 3.10. The maximum Gasteiger partial charge on any atom is 0.321 e. The van der Waals surface area contributed by atoms with E-state index in [0.29, 0.717) is 11.4 Å². The molecule has 0 saturated heterocycles. The molecule has 0 aromatic heterocycles. The molecule has 0 unspecified atom stereocenters. The summed E-state index contributed by atoms with van der Waals surface area (Å²) in [5.74, 6) is 0. The first-order chi connectivity index (χ1) is 6.91. The van der Waals surface area contributed by atoms with E-state index in [9.17, 15) is 4.79 Å². The van der Waals surface area contributed by atoms with Crippen LogP contribution in [0.1, 0.15) is 0 Å². The highest BCUT2D eigenvalue weighted by Crippen LogP contribution is 2.31. The molecule has 1 aromatic carbocycles. The van der Waals surface area contributed by atoms with Crippen molar-refractivity contribution in [2.45, 2.75) is 0 Å². The molecular weight excluding hydrogens is 326 g/mol. The van der Waals surface area contributed by atoms with Crippen molar-refractivity contribution in [3.63, 3.8) is 0 Å². The van der Waals surface area contributed by atoms with Crippen molar-refractivity contribution >= 4 is 49.3 Å². The zero-order valence-electron chi connectivity index (χ0n) is 8.34. The average molecular weight is 337 g/mol. The number of nitrogens with two attached hydrogens (primary N) is 1. The van der Waals surface area contributed by atoms with Crippen LogP contribution in [0.4, 0.5) is 16.2 Å². The van der Waals surface area contributed by atoms with Gasteiger partial charge in [0, 0.05) is 28.7 Å². The first kappa shape index (κ1) is 12.3. The normalized spacial score (nSPS) is 9.87. The predicted molar refractivity (Wildman–Crippen MR) is 69.0 cm³/mol. The summed E-state index contributed by atoms with van der Waals surface area (Å²) in [5.41, 5.74) is 7.02. The number of halogens is 2. The molecule has 4 nitrogen and oxygen atoms in total. The Kier molecular flexibility index (Phi) is 3.98. The third-order valence-corrected chi connectivity index (χ3v) is 3.05. The summed E-state index contributed by atoms with van der Waals surface area (Å²) in [6.45, 7) is 0. The number of nitrogen functional groups attached to an aromatic ring is 1. The Hall–Kier alpha value is -0.750. The molecule has 1 aromatic rings. The van der Waals surface area contributed by atoms with Crippen LogP contribution in [0.25, 0.3) is 0 Å². The Morgan fingerprint density at radius 3 is 2.20 bits per heavy atom. The quantitative estimate of drug-likeness (QED) is 0.775. The highest BCUT2D eigenvalue weighted by molar-refractivity contribution is 9.11. The molecule has 3 N–H and O–H groups in total. The van der Waals surface area contributed by atoms with Gasteiger partial charge in [-0.3, -0.25) is 0 Å². The van der Waals surface area contributed by atoms with Crippen LogP contribution in [0.2, 0.25) is 0 Å². The molecule has 0 spiro atoms. The lowest BCUT2D eigenvalue weighted by Crippen LogP contribution is -2.27. The highest BCUT2D eigenvalue weighted by Gasteiger charge is 2.07. The minimum Gasteiger partial charge on any atom is -0.397 e. The maximum absolute atomic E-state index is 11.4. The van der Waals surface area contributed by atoms with E-state index in [4.69, 9.17) is 5.73 Å². The Morgan fingerprint density at radius 2 is 1.80 bits per heavy atom. The molecule has 0 saturated carbocycles. The van der Waals surface area contributed by atoms with Crippen molar-refractivity contribution in [2.75, 3.05) is 25.1 Å². The highest BCUT2D eigenvalue weighted by atomic mass is 79.9. The number of carbonyl (C=O) groups excluding carboxylic acids is 1. The molecule has 0 radical (unpaired) electrons. The lowest BCUT2D eigenvalue weighted by atomic mass is 10.3. The van der Waals surface area contributed by atoms with Crippen molar-refractivity contribution in [3.05, 3.63) is 21.1 Å². The Morgan fingerprint density at radius 1 is 1.33 bits per heavy atom. The van der Waals surface area contributed by atoms with Gasteiger partial charge in [-0.1, -0.05) is 0 Å². The van der Waals surface area contributed by atoms with Gasteiger partial charge in [-0.05, 0) is 44.0 Å². The topological polar surface area (TPSA) is 58.4 Å². The predicted octanol–water partition coefficient (Wildman–Crippen LogP) is 2.89. The van der Waals surface area contributed by atoms with Gasteiger partial charge in [0.2, 0.25) is 0 Å². The van der Waals surface area contributed by atoms with Crippen molar-refractivity contribution < 1.29 is 4.79 Å². The smallest absolute Gasteiger partial charge is 0.321 e. The van der Waals surface area contributed by atoms with Crippen LogP contribution < -0.4 is 11.1 Å². The van der Waals surface area contributed by atoms with Crippen LogP contribution in [0, 0.1) is 0 Å². The first-order valence-corrected chi connectivity index (χ1v) is 5.73. The molecule has 0 aliphatic carbocycles. The number of benzene rings is 1. The lowest BCUT2D eigenvalue weighted by molar-refractivity contribution is 0.230. The lowest BCUT2D eigenvalue weighted by Gasteiger charge is -2.13. The third-order valence-electron chi connectivity index (χ3n) is 1.74. The Balaban J connectivity index is 2.93. The van der Waals surface area contributed by atoms with E-state index < -0.39 is 0 Å². The summed E-state index contributed by atoms with van der Waals surface area (Å²) in [4.78, 5) is 12.8. The monoisotopic (exact) mass is 335 g/mol. The molecule has 0 aliphatic rings. The van der Waals surface area contributed by atoms with Gasteiger partial charge < -0.3 is 16.0 Å². The molecule has 1 rings (SSSR count). The second-order valence-electron chi connectivity index (χ2n) is 3.18. The van der Waals surface area contributed by atoms with Gasteiger partial charge in [0.25, 0.3) is 0 Å². The van der Waals surface area contributed by atoms with Gasteiger partial charge in [0.05, 0.1) is 5.69 Å². The van der Waals surface area contributed by atoms with Gasteiger partial charge in [0.15, 0.2) is 0 Å². The minimum absolute atomic E-state index is 0.182. The molecular formula is C9H11Br2N3O. The van der Waals surface area contributed by atoms with Crippen LogP contribution in [-0.4, -0.2) is 25.0 Å². The van der Waals surface area contributed by atoms with Crippen LogP contribution >= 0.6 is 31.9 Å². The molecule has 82 valence electrons. The van der Waals surface area contributed by atoms with Crippen LogP contribution in [-0.2, 0) is 0 Å². The summed E-state index contributed by atoms with van der Waals surface area (Å²) in [6, 6.07) is 3.32. The zero-order chi connectivity index (χ0) is 11.6. The SMILES string of the molecule is CN(C)C(=O)Nc1cc(Br)c(N)c(Br)c1. The van der Waals surface area contributed by atoms with Crippen LogP contribution in [0.5, 0.6) is 0 Å². The number of hydrogen-bond acceptors (Lipinski definition) is 2. The molecule has 2 amide bonds. The van der Waals surface area contributed by atoms with Crippen LogP contribution in [0.3, 0.4) is 0 Å². The number of anilines is 2. The molecule has 6 heteroatoms. The fourth-order valence-corrected chi connectivity index (χ4v) is 2.08.